The topological polar surface area (TPSA) is 49.0 Å². The quantitative estimate of drug-likeness (QED) is 0.482. The number of aldehydes is 1. The molecule has 0 bridgehead atoms. The Morgan fingerprint density at radius 1 is 1.18 bits per heavy atom. The molecule has 2 aromatic heterocycles. The Morgan fingerprint density at radius 3 is 2.61 bits per heavy atom. The second-order valence-electron chi connectivity index (χ2n) is 6.49. The number of imidazole rings is 1. The summed E-state index contributed by atoms with van der Waals surface area (Å²) in [6.45, 7) is -1.13. The van der Waals surface area contributed by atoms with Gasteiger partial charge in [-0.2, -0.15) is 13.2 Å². The number of fused-ring (bicyclic) bond motifs is 2. The second-order valence-corrected chi connectivity index (χ2v) is 6.49. The molecule has 0 atom stereocenters. The van der Waals surface area contributed by atoms with Crippen LogP contribution in [-0.2, 0) is 13.6 Å². The van der Waals surface area contributed by atoms with E-state index in [9.17, 15) is 18.0 Å². The number of ether oxygens (including phenoxy) is 1. The summed E-state index contributed by atoms with van der Waals surface area (Å²) in [5, 5.41) is 0.689. The predicted octanol–water partition coefficient (Wildman–Crippen LogP) is 4.58. The van der Waals surface area contributed by atoms with Gasteiger partial charge in [-0.05, 0) is 24.3 Å². The van der Waals surface area contributed by atoms with Crippen molar-refractivity contribution in [2.24, 2.45) is 7.05 Å². The van der Waals surface area contributed by atoms with E-state index in [1.54, 1.807) is 54.1 Å². The molecule has 0 saturated carbocycles. The molecule has 0 fully saturated rings. The summed E-state index contributed by atoms with van der Waals surface area (Å²) in [5.74, 6) is 0.788. The van der Waals surface area contributed by atoms with Crippen molar-refractivity contribution in [3.05, 3.63) is 48.0 Å². The smallest absolute Gasteiger partial charge is 0.406 e. The van der Waals surface area contributed by atoms with E-state index in [1.807, 2.05) is 0 Å². The van der Waals surface area contributed by atoms with Crippen LogP contribution in [0.2, 0.25) is 0 Å². The van der Waals surface area contributed by atoms with Gasteiger partial charge in [0.15, 0.2) is 5.82 Å². The number of nitrogens with zero attached hydrogens (tertiary/aromatic N) is 3. The number of rotatable bonds is 4. The summed E-state index contributed by atoms with van der Waals surface area (Å²) >= 11 is 0. The number of hydrogen-bond acceptors (Lipinski definition) is 3. The summed E-state index contributed by atoms with van der Waals surface area (Å²) in [4.78, 5) is 15.7. The van der Waals surface area contributed by atoms with Crippen LogP contribution in [0.4, 0.5) is 13.2 Å². The number of benzene rings is 2. The number of carbonyl (C=O) groups excluding carboxylic acids is 1. The first-order chi connectivity index (χ1) is 13.3. The third-order valence-corrected chi connectivity index (χ3v) is 4.69. The molecule has 2 aromatic carbocycles. The molecule has 0 aliphatic rings. The predicted molar refractivity (Wildman–Crippen MR) is 99.6 cm³/mol. The zero-order valence-electron chi connectivity index (χ0n) is 15.1. The number of alkyl halides is 3. The summed E-state index contributed by atoms with van der Waals surface area (Å²) in [5.41, 5.74) is 2.27. The standard InChI is InChI=1S/C20H16F3N3O2/c1-25-18-14(7-12(10-27)8-17(18)28-2)24-19(25)16-9-13-5-3-4-6-15(13)26(16)11-20(21,22)23/h3-10H,11H2,1-2H3. The molecule has 8 heteroatoms. The van der Waals surface area contributed by atoms with E-state index < -0.39 is 12.7 Å². The number of aromatic nitrogens is 3. The zero-order chi connectivity index (χ0) is 20.1. The monoisotopic (exact) mass is 387 g/mol. The number of carbonyl (C=O) groups is 1. The van der Waals surface area contributed by atoms with E-state index in [4.69, 9.17) is 4.74 Å². The largest absolute Gasteiger partial charge is 0.494 e. The Morgan fingerprint density at radius 2 is 1.93 bits per heavy atom. The average Bonchev–Trinajstić information content (AvgIpc) is 3.17. The number of hydrogen-bond donors (Lipinski definition) is 0. The van der Waals surface area contributed by atoms with Gasteiger partial charge >= 0.3 is 6.18 Å². The molecular formula is C20H16F3N3O2. The van der Waals surface area contributed by atoms with Crippen LogP contribution >= 0.6 is 0 Å². The van der Waals surface area contributed by atoms with Crippen LogP contribution in [0.3, 0.4) is 0 Å². The maximum atomic E-state index is 13.3. The first-order valence-corrected chi connectivity index (χ1v) is 8.47. The molecule has 4 rings (SSSR count). The minimum Gasteiger partial charge on any atom is -0.494 e. The lowest BCUT2D eigenvalue weighted by Gasteiger charge is -2.13. The summed E-state index contributed by atoms with van der Waals surface area (Å²) < 4.78 is 48.0. The van der Waals surface area contributed by atoms with Crippen molar-refractivity contribution < 1.29 is 22.7 Å². The van der Waals surface area contributed by atoms with Crippen molar-refractivity contribution >= 4 is 28.2 Å². The normalized spacial score (nSPS) is 12.0. The highest BCUT2D eigenvalue weighted by atomic mass is 19.4. The van der Waals surface area contributed by atoms with E-state index in [-0.39, 0.29) is 0 Å². The average molecular weight is 387 g/mol. The molecule has 144 valence electrons. The van der Waals surface area contributed by atoms with Crippen molar-refractivity contribution in [2.45, 2.75) is 12.7 Å². The highest BCUT2D eigenvalue weighted by Crippen LogP contribution is 2.35. The van der Waals surface area contributed by atoms with Crippen molar-refractivity contribution in [3.8, 4) is 17.3 Å². The first kappa shape index (κ1) is 18.1. The maximum absolute atomic E-state index is 13.3. The molecule has 0 unspecified atom stereocenters. The van der Waals surface area contributed by atoms with Crippen LogP contribution in [0.25, 0.3) is 33.5 Å². The minimum atomic E-state index is -4.39. The highest BCUT2D eigenvalue weighted by molar-refractivity contribution is 5.93. The fourth-order valence-electron chi connectivity index (χ4n) is 3.53. The van der Waals surface area contributed by atoms with Crippen LogP contribution < -0.4 is 4.74 Å². The van der Waals surface area contributed by atoms with Gasteiger partial charge in [-0.3, -0.25) is 4.79 Å². The molecule has 5 nitrogen and oxygen atoms in total. The van der Waals surface area contributed by atoms with Crippen molar-refractivity contribution in [3.63, 3.8) is 0 Å². The number of aryl methyl sites for hydroxylation is 1. The molecule has 0 aliphatic carbocycles. The summed E-state index contributed by atoms with van der Waals surface area (Å²) in [6, 6.07) is 11.7. The van der Waals surface area contributed by atoms with Crippen molar-refractivity contribution in [1.82, 2.24) is 14.1 Å². The zero-order valence-corrected chi connectivity index (χ0v) is 15.1. The van der Waals surface area contributed by atoms with Gasteiger partial charge in [0.25, 0.3) is 0 Å². The lowest BCUT2D eigenvalue weighted by atomic mass is 10.2. The van der Waals surface area contributed by atoms with E-state index in [2.05, 4.69) is 4.98 Å². The van der Waals surface area contributed by atoms with Gasteiger partial charge in [0.05, 0.1) is 18.3 Å². The summed E-state index contributed by atoms with van der Waals surface area (Å²) in [6.07, 6.45) is -3.71. The Balaban J connectivity index is 2.03. The van der Waals surface area contributed by atoms with Gasteiger partial charge < -0.3 is 13.9 Å². The number of halogens is 3. The molecular weight excluding hydrogens is 371 g/mol. The second kappa shape index (κ2) is 6.40. The first-order valence-electron chi connectivity index (χ1n) is 8.47. The summed E-state index contributed by atoms with van der Waals surface area (Å²) in [7, 11) is 3.18. The highest BCUT2D eigenvalue weighted by Gasteiger charge is 2.31. The third-order valence-electron chi connectivity index (χ3n) is 4.69. The van der Waals surface area contributed by atoms with Crippen molar-refractivity contribution in [1.29, 1.82) is 0 Å². The molecule has 28 heavy (non-hydrogen) atoms. The lowest BCUT2D eigenvalue weighted by Crippen LogP contribution is -2.18. The third kappa shape index (κ3) is 2.90. The fourth-order valence-corrected chi connectivity index (χ4v) is 3.53. The van der Waals surface area contributed by atoms with Gasteiger partial charge in [0, 0.05) is 23.5 Å². The van der Waals surface area contributed by atoms with Gasteiger partial charge in [0.1, 0.15) is 24.1 Å². The molecule has 0 aliphatic heterocycles. The molecule has 0 spiro atoms. The minimum absolute atomic E-state index is 0.340. The van der Waals surface area contributed by atoms with E-state index in [1.165, 1.54) is 11.7 Å². The lowest BCUT2D eigenvalue weighted by molar-refractivity contribution is -0.139. The molecule has 0 saturated heterocycles. The SMILES string of the molecule is COc1cc(C=O)cc2nc(-c3cc4ccccc4n3CC(F)(F)F)n(C)c12. The number of methoxy groups -OCH3 is 1. The maximum Gasteiger partial charge on any atom is 0.406 e. The van der Waals surface area contributed by atoms with Gasteiger partial charge in [0.2, 0.25) is 0 Å². The van der Waals surface area contributed by atoms with Gasteiger partial charge in [-0.15, -0.1) is 0 Å². The van der Waals surface area contributed by atoms with E-state index >= 15 is 0 Å². The van der Waals surface area contributed by atoms with Crippen LogP contribution in [-0.4, -0.2) is 33.7 Å². The number of para-hydroxylation sites is 1. The van der Waals surface area contributed by atoms with Gasteiger partial charge in [-0.1, -0.05) is 18.2 Å². The van der Waals surface area contributed by atoms with E-state index in [0.717, 1.165) is 0 Å². The molecule has 0 amide bonds. The molecule has 2 heterocycles. The van der Waals surface area contributed by atoms with Crippen LogP contribution in [0.1, 0.15) is 10.4 Å². The van der Waals surface area contributed by atoms with Crippen LogP contribution in [0, 0.1) is 0 Å². The fraction of sp³-hybridized carbons (Fsp3) is 0.200. The van der Waals surface area contributed by atoms with Crippen LogP contribution in [0.15, 0.2) is 42.5 Å². The van der Waals surface area contributed by atoms with Crippen molar-refractivity contribution in [2.75, 3.05) is 7.11 Å². The van der Waals surface area contributed by atoms with Gasteiger partial charge in [-0.25, -0.2) is 4.98 Å². The van der Waals surface area contributed by atoms with Crippen LogP contribution in [0.5, 0.6) is 5.75 Å². The molecule has 0 N–H and O–H groups in total. The Labute approximate surface area is 158 Å². The molecule has 0 radical (unpaired) electrons. The molecule has 4 aromatic rings. The Hall–Kier alpha value is -3.29. The Kier molecular flexibility index (Phi) is 4.14. The van der Waals surface area contributed by atoms with E-state index in [0.29, 0.717) is 51.1 Å². The Bertz CT molecular complexity index is 1210.